The Kier molecular flexibility index (Phi) is 9.34. The molecule has 2 aromatic rings. The number of ether oxygens (including phenoxy) is 2. The lowest BCUT2D eigenvalue weighted by Gasteiger charge is -2.27. The normalized spacial score (nSPS) is 13.1. The number of halogens is 3. The summed E-state index contributed by atoms with van der Waals surface area (Å²) in [4.78, 5) is 0. The molecule has 0 unspecified atom stereocenters. The fraction of sp³-hybridized carbons (Fsp3) is 0.455. The maximum Gasteiger partial charge on any atom is 0.156 e. The smallest absolute Gasteiger partial charge is 0.156 e. The Morgan fingerprint density at radius 1 is 1.03 bits per heavy atom. The van der Waals surface area contributed by atoms with E-state index in [4.69, 9.17) is 44.3 Å². The number of sulfone groups is 1. The SMILES string of the molecule is CC(C)(c1ccc(OC[C@H](O)CS(C)(=O)=O)cc1)c1cc(Cl)c(OCCCCl)c(Cl)c1. The molecule has 0 saturated carbocycles. The van der Waals surface area contributed by atoms with Gasteiger partial charge in [0, 0.05) is 17.6 Å². The highest BCUT2D eigenvalue weighted by atomic mass is 35.5. The number of alkyl halides is 1. The van der Waals surface area contributed by atoms with Crippen molar-refractivity contribution in [3.8, 4) is 11.5 Å². The van der Waals surface area contributed by atoms with Crippen molar-refractivity contribution in [2.45, 2.75) is 31.8 Å². The van der Waals surface area contributed by atoms with E-state index in [0.717, 1.165) is 17.4 Å². The van der Waals surface area contributed by atoms with E-state index in [1.165, 1.54) is 0 Å². The van der Waals surface area contributed by atoms with Crippen molar-refractivity contribution in [3.05, 3.63) is 57.6 Å². The minimum Gasteiger partial charge on any atom is -0.491 e. The molecule has 0 aliphatic rings. The summed E-state index contributed by atoms with van der Waals surface area (Å²) in [5.41, 5.74) is 1.51. The van der Waals surface area contributed by atoms with Crippen molar-refractivity contribution in [1.29, 1.82) is 0 Å². The second-order valence-electron chi connectivity index (χ2n) is 7.87. The Balaban J connectivity index is 2.13. The molecule has 0 fully saturated rings. The molecule has 2 rings (SSSR count). The van der Waals surface area contributed by atoms with Crippen molar-refractivity contribution >= 4 is 44.6 Å². The molecular formula is C22H27Cl3O5S. The number of hydrogen-bond donors (Lipinski definition) is 1. The van der Waals surface area contributed by atoms with Gasteiger partial charge in [0.1, 0.15) is 28.3 Å². The summed E-state index contributed by atoms with van der Waals surface area (Å²) in [5.74, 6) is 1.14. The first kappa shape index (κ1) is 26.1. The lowest BCUT2D eigenvalue weighted by molar-refractivity contribution is 0.125. The Morgan fingerprint density at radius 3 is 2.13 bits per heavy atom. The van der Waals surface area contributed by atoms with Crippen molar-refractivity contribution < 1.29 is 23.0 Å². The van der Waals surface area contributed by atoms with E-state index >= 15 is 0 Å². The van der Waals surface area contributed by atoms with Gasteiger partial charge in [-0.2, -0.15) is 0 Å². The Labute approximate surface area is 199 Å². The molecule has 0 aliphatic heterocycles. The van der Waals surface area contributed by atoms with Gasteiger partial charge in [0.25, 0.3) is 0 Å². The van der Waals surface area contributed by atoms with Crippen LogP contribution in [0, 0.1) is 0 Å². The van der Waals surface area contributed by atoms with Gasteiger partial charge in [-0.3, -0.25) is 0 Å². The molecule has 9 heteroatoms. The fourth-order valence-electron chi connectivity index (χ4n) is 3.01. The number of rotatable bonds is 11. The molecule has 0 heterocycles. The standard InChI is InChI=1S/C22H27Cl3O5S/c1-22(2,16-11-19(24)21(20(25)12-16)29-10-4-9-23)15-5-7-18(8-6-15)30-13-17(26)14-31(3,27)28/h5-8,11-12,17,26H,4,9-10,13-14H2,1-3H3/t17-/m0/s1. The Morgan fingerprint density at radius 2 is 1.61 bits per heavy atom. The first-order valence-electron chi connectivity index (χ1n) is 9.71. The van der Waals surface area contributed by atoms with Crippen LogP contribution in [0.15, 0.2) is 36.4 Å². The summed E-state index contributed by atoms with van der Waals surface area (Å²) in [5, 5.41) is 10.6. The summed E-state index contributed by atoms with van der Waals surface area (Å²) in [6.45, 7) is 4.43. The largest absolute Gasteiger partial charge is 0.491 e. The fourth-order valence-corrected chi connectivity index (χ4v) is 4.51. The summed E-state index contributed by atoms with van der Waals surface area (Å²) in [6, 6.07) is 11.1. The van der Waals surface area contributed by atoms with Gasteiger partial charge >= 0.3 is 0 Å². The maximum absolute atomic E-state index is 11.2. The minimum atomic E-state index is -3.27. The van der Waals surface area contributed by atoms with Crippen molar-refractivity contribution in [3.63, 3.8) is 0 Å². The van der Waals surface area contributed by atoms with E-state index < -0.39 is 21.4 Å². The molecule has 1 atom stereocenters. The van der Waals surface area contributed by atoms with Crippen molar-refractivity contribution in [1.82, 2.24) is 0 Å². The van der Waals surface area contributed by atoms with Crippen LogP contribution in [0.1, 0.15) is 31.4 Å². The molecule has 1 N–H and O–H groups in total. The third-order valence-electron chi connectivity index (χ3n) is 4.76. The molecule has 0 bridgehead atoms. The highest BCUT2D eigenvalue weighted by Crippen LogP contribution is 2.40. The van der Waals surface area contributed by atoms with Gasteiger partial charge in [0.05, 0.1) is 22.4 Å². The lowest BCUT2D eigenvalue weighted by atomic mass is 9.78. The second kappa shape index (κ2) is 11.1. The average molecular weight is 510 g/mol. The van der Waals surface area contributed by atoms with Crippen LogP contribution in [0.5, 0.6) is 11.5 Å². The van der Waals surface area contributed by atoms with E-state index in [1.54, 1.807) is 12.1 Å². The molecule has 5 nitrogen and oxygen atoms in total. The second-order valence-corrected chi connectivity index (χ2v) is 11.2. The van der Waals surface area contributed by atoms with Crippen LogP contribution < -0.4 is 9.47 Å². The van der Waals surface area contributed by atoms with Crippen LogP contribution in [-0.2, 0) is 15.3 Å². The Hall–Kier alpha value is -1.18. The van der Waals surface area contributed by atoms with Crippen LogP contribution in [0.4, 0.5) is 0 Å². The monoisotopic (exact) mass is 508 g/mol. The van der Waals surface area contributed by atoms with Crippen LogP contribution in [0.25, 0.3) is 0 Å². The van der Waals surface area contributed by atoms with Gasteiger partial charge in [-0.1, -0.05) is 49.2 Å². The van der Waals surface area contributed by atoms with E-state index in [-0.39, 0.29) is 12.4 Å². The van der Waals surface area contributed by atoms with E-state index in [2.05, 4.69) is 13.8 Å². The van der Waals surface area contributed by atoms with Crippen molar-refractivity contribution in [2.75, 3.05) is 31.1 Å². The van der Waals surface area contributed by atoms with Crippen LogP contribution >= 0.6 is 34.8 Å². The third kappa shape index (κ3) is 7.72. The van der Waals surface area contributed by atoms with Crippen LogP contribution in [-0.4, -0.2) is 50.7 Å². The van der Waals surface area contributed by atoms with Gasteiger partial charge in [-0.25, -0.2) is 8.42 Å². The number of benzene rings is 2. The molecule has 0 spiro atoms. The summed E-state index contributed by atoms with van der Waals surface area (Å²) < 4.78 is 33.6. The topological polar surface area (TPSA) is 72.8 Å². The first-order valence-corrected chi connectivity index (χ1v) is 13.1. The van der Waals surface area contributed by atoms with Gasteiger partial charge in [0.15, 0.2) is 5.75 Å². The highest BCUT2D eigenvalue weighted by molar-refractivity contribution is 7.90. The zero-order chi connectivity index (χ0) is 23.2. The molecule has 0 aromatic heterocycles. The average Bonchev–Trinajstić information content (AvgIpc) is 2.67. The zero-order valence-corrected chi connectivity index (χ0v) is 20.8. The number of hydrogen-bond acceptors (Lipinski definition) is 5. The van der Waals surface area contributed by atoms with Gasteiger partial charge in [-0.15, -0.1) is 11.6 Å². The zero-order valence-electron chi connectivity index (χ0n) is 17.7. The Bertz CT molecular complexity index is 952. The van der Waals surface area contributed by atoms with Crippen LogP contribution in [0.2, 0.25) is 10.0 Å². The van der Waals surface area contributed by atoms with E-state index in [0.29, 0.717) is 40.5 Å². The lowest BCUT2D eigenvalue weighted by Crippen LogP contribution is -2.26. The molecule has 0 radical (unpaired) electrons. The third-order valence-corrected chi connectivity index (χ3v) is 6.58. The predicted molar refractivity (Wildman–Crippen MR) is 127 cm³/mol. The molecule has 0 amide bonds. The van der Waals surface area contributed by atoms with Gasteiger partial charge < -0.3 is 14.6 Å². The molecule has 2 aromatic carbocycles. The minimum absolute atomic E-state index is 0.105. The summed E-state index contributed by atoms with van der Waals surface area (Å²) in [7, 11) is -3.27. The van der Waals surface area contributed by atoms with E-state index in [9.17, 15) is 13.5 Å². The summed E-state index contributed by atoms with van der Waals surface area (Å²) >= 11 is 18.5. The quantitative estimate of drug-likeness (QED) is 0.336. The number of aliphatic hydroxyl groups is 1. The molecule has 0 saturated heterocycles. The van der Waals surface area contributed by atoms with Gasteiger partial charge in [0.2, 0.25) is 0 Å². The van der Waals surface area contributed by atoms with Crippen LogP contribution in [0.3, 0.4) is 0 Å². The van der Waals surface area contributed by atoms with Gasteiger partial charge in [-0.05, 0) is 41.8 Å². The predicted octanol–water partition coefficient (Wildman–Crippen LogP) is 5.11. The molecule has 31 heavy (non-hydrogen) atoms. The van der Waals surface area contributed by atoms with Crippen molar-refractivity contribution in [2.24, 2.45) is 0 Å². The molecule has 172 valence electrons. The van der Waals surface area contributed by atoms with E-state index in [1.807, 2.05) is 24.3 Å². The highest BCUT2D eigenvalue weighted by Gasteiger charge is 2.26. The molecule has 0 aliphatic carbocycles. The molecular weight excluding hydrogens is 483 g/mol. The summed E-state index contributed by atoms with van der Waals surface area (Å²) in [6.07, 6.45) is 0.686. The first-order chi connectivity index (χ1) is 14.4. The maximum atomic E-state index is 11.2. The number of aliphatic hydroxyl groups excluding tert-OH is 1.